The number of aromatic nitrogens is 3. The van der Waals surface area contributed by atoms with E-state index in [4.69, 9.17) is 23.2 Å². The average molecular weight is 442 g/mol. The highest BCUT2D eigenvalue weighted by Gasteiger charge is 2.18. The third-order valence-electron chi connectivity index (χ3n) is 4.57. The topological polar surface area (TPSA) is 88.9 Å². The van der Waals surface area contributed by atoms with E-state index in [0.717, 1.165) is 12.8 Å². The van der Waals surface area contributed by atoms with Gasteiger partial charge in [-0.25, -0.2) is 0 Å². The Hall–Kier alpha value is -1.77. The molecule has 2 aromatic rings. The van der Waals surface area contributed by atoms with Crippen LogP contribution in [0, 0.1) is 0 Å². The van der Waals surface area contributed by atoms with Crippen LogP contribution in [-0.4, -0.2) is 38.4 Å². The molecule has 0 atom stereocenters. The highest BCUT2D eigenvalue weighted by atomic mass is 35.5. The number of carbonyl (C=O) groups excluding carboxylic acids is 2. The van der Waals surface area contributed by atoms with Gasteiger partial charge in [0.05, 0.1) is 22.3 Å². The highest BCUT2D eigenvalue weighted by Crippen LogP contribution is 2.23. The zero-order chi connectivity index (χ0) is 20.1. The second-order valence-electron chi connectivity index (χ2n) is 6.61. The van der Waals surface area contributed by atoms with Crippen molar-refractivity contribution >= 4 is 46.8 Å². The van der Waals surface area contributed by atoms with E-state index in [9.17, 15) is 9.59 Å². The molecule has 1 aromatic heterocycles. The van der Waals surface area contributed by atoms with Crippen LogP contribution in [0.1, 0.15) is 41.9 Å². The van der Waals surface area contributed by atoms with Crippen LogP contribution >= 0.6 is 35.0 Å². The third-order valence-corrected chi connectivity index (χ3v) is 6.33. The number of rotatable bonds is 7. The summed E-state index contributed by atoms with van der Waals surface area (Å²) in [7, 11) is 1.80. The Bertz CT molecular complexity index is 868. The maximum absolute atomic E-state index is 12.3. The van der Waals surface area contributed by atoms with Gasteiger partial charge in [0.1, 0.15) is 0 Å². The van der Waals surface area contributed by atoms with Crippen molar-refractivity contribution in [3.8, 4) is 0 Å². The van der Waals surface area contributed by atoms with Gasteiger partial charge in [-0.2, -0.15) is 0 Å². The van der Waals surface area contributed by atoms with Gasteiger partial charge in [-0.15, -0.1) is 10.2 Å². The summed E-state index contributed by atoms with van der Waals surface area (Å²) < 4.78 is 1.77. The van der Waals surface area contributed by atoms with E-state index in [2.05, 4.69) is 20.8 Å². The van der Waals surface area contributed by atoms with E-state index >= 15 is 0 Å². The molecule has 1 saturated carbocycles. The summed E-state index contributed by atoms with van der Waals surface area (Å²) in [6, 6.07) is 5.00. The van der Waals surface area contributed by atoms with Crippen molar-refractivity contribution < 1.29 is 9.59 Å². The molecule has 150 valence electrons. The number of benzene rings is 1. The van der Waals surface area contributed by atoms with Gasteiger partial charge in [-0.1, -0.05) is 47.8 Å². The maximum Gasteiger partial charge on any atom is 0.251 e. The first-order valence-corrected chi connectivity index (χ1v) is 10.7. The van der Waals surface area contributed by atoms with Crippen LogP contribution in [-0.2, 0) is 18.4 Å². The fraction of sp³-hybridized carbons (Fsp3) is 0.444. The summed E-state index contributed by atoms with van der Waals surface area (Å²) in [5.41, 5.74) is 0.412. The molecule has 0 radical (unpaired) electrons. The average Bonchev–Trinajstić information content (AvgIpc) is 3.30. The molecular formula is C18H21Cl2N5O2S. The Balaban J connectivity index is 1.50. The monoisotopic (exact) mass is 441 g/mol. The molecule has 2 amide bonds. The van der Waals surface area contributed by atoms with Gasteiger partial charge in [-0.3, -0.25) is 9.59 Å². The molecule has 1 heterocycles. The maximum atomic E-state index is 12.3. The molecule has 0 unspecified atom stereocenters. The SMILES string of the molecule is Cn1c(CNC(=O)c2ccc(Cl)c(Cl)c2)nnc1SCC(=O)NC1CCCC1. The van der Waals surface area contributed by atoms with Gasteiger partial charge in [0, 0.05) is 18.7 Å². The van der Waals surface area contributed by atoms with Crippen molar-refractivity contribution in [3.63, 3.8) is 0 Å². The van der Waals surface area contributed by atoms with Crippen LogP contribution in [0.5, 0.6) is 0 Å². The first kappa shape index (κ1) is 21.0. The number of hydrogen-bond acceptors (Lipinski definition) is 5. The molecule has 1 aromatic carbocycles. The van der Waals surface area contributed by atoms with E-state index in [1.54, 1.807) is 23.7 Å². The van der Waals surface area contributed by atoms with Gasteiger partial charge < -0.3 is 15.2 Å². The lowest BCUT2D eigenvalue weighted by Gasteiger charge is -2.11. The van der Waals surface area contributed by atoms with Crippen molar-refractivity contribution in [3.05, 3.63) is 39.6 Å². The lowest BCUT2D eigenvalue weighted by molar-refractivity contribution is -0.119. The largest absolute Gasteiger partial charge is 0.353 e. The van der Waals surface area contributed by atoms with E-state index in [0.29, 0.717) is 32.6 Å². The number of nitrogens with one attached hydrogen (secondary N) is 2. The van der Waals surface area contributed by atoms with Gasteiger partial charge in [-0.05, 0) is 31.0 Å². The zero-order valence-corrected chi connectivity index (χ0v) is 17.7. The second-order valence-corrected chi connectivity index (χ2v) is 8.36. The molecule has 1 fully saturated rings. The number of halogens is 2. The van der Waals surface area contributed by atoms with Gasteiger partial charge in [0.15, 0.2) is 11.0 Å². The van der Waals surface area contributed by atoms with Crippen molar-refractivity contribution in [2.45, 2.75) is 43.4 Å². The minimum atomic E-state index is -0.285. The van der Waals surface area contributed by atoms with Crippen molar-refractivity contribution in [2.24, 2.45) is 7.05 Å². The van der Waals surface area contributed by atoms with E-state index in [1.807, 2.05) is 0 Å². The van der Waals surface area contributed by atoms with Crippen LogP contribution in [0.2, 0.25) is 10.0 Å². The van der Waals surface area contributed by atoms with Crippen LogP contribution in [0.15, 0.2) is 23.4 Å². The van der Waals surface area contributed by atoms with Crippen LogP contribution in [0.25, 0.3) is 0 Å². The molecule has 2 N–H and O–H groups in total. The van der Waals surface area contributed by atoms with Crippen molar-refractivity contribution in [1.29, 1.82) is 0 Å². The van der Waals surface area contributed by atoms with Gasteiger partial charge in [0.25, 0.3) is 5.91 Å². The molecule has 0 aliphatic heterocycles. The first-order chi connectivity index (χ1) is 13.4. The summed E-state index contributed by atoms with van der Waals surface area (Å²) in [5, 5.41) is 15.4. The molecule has 3 rings (SSSR count). The summed E-state index contributed by atoms with van der Waals surface area (Å²) in [4.78, 5) is 24.3. The molecule has 0 saturated heterocycles. The molecule has 7 nitrogen and oxygen atoms in total. The summed E-state index contributed by atoms with van der Waals surface area (Å²) in [6.45, 7) is 0.206. The molecule has 1 aliphatic rings. The number of amides is 2. The molecule has 0 bridgehead atoms. The number of thioether (sulfide) groups is 1. The number of carbonyl (C=O) groups is 2. The minimum absolute atomic E-state index is 0.00868. The Labute approximate surface area is 177 Å². The lowest BCUT2D eigenvalue weighted by Crippen LogP contribution is -2.33. The van der Waals surface area contributed by atoms with Gasteiger partial charge in [0.2, 0.25) is 5.91 Å². The fourth-order valence-corrected chi connectivity index (χ4v) is 4.03. The molecule has 10 heteroatoms. The predicted octanol–water partition coefficient (Wildman–Crippen LogP) is 3.20. The first-order valence-electron chi connectivity index (χ1n) is 8.97. The quantitative estimate of drug-likeness (QED) is 0.643. The highest BCUT2D eigenvalue weighted by molar-refractivity contribution is 7.99. The van der Waals surface area contributed by atoms with Gasteiger partial charge >= 0.3 is 0 Å². The normalized spacial score (nSPS) is 14.2. The molecular weight excluding hydrogens is 421 g/mol. The fourth-order valence-electron chi connectivity index (χ4n) is 2.99. The summed E-state index contributed by atoms with van der Waals surface area (Å²) in [5.74, 6) is 0.603. The predicted molar refractivity (Wildman–Crippen MR) is 110 cm³/mol. The second kappa shape index (κ2) is 9.62. The third kappa shape index (κ3) is 5.40. The molecule has 28 heavy (non-hydrogen) atoms. The number of hydrogen-bond donors (Lipinski definition) is 2. The standard InChI is InChI=1S/C18H21Cl2N5O2S/c1-25-15(9-21-17(27)11-6-7-13(19)14(20)8-11)23-24-18(25)28-10-16(26)22-12-4-2-3-5-12/h6-8,12H,2-5,9-10H2,1H3,(H,21,27)(H,22,26). The van der Waals surface area contributed by atoms with Crippen molar-refractivity contribution in [2.75, 3.05) is 5.75 Å². The van der Waals surface area contributed by atoms with Crippen LogP contribution < -0.4 is 10.6 Å². The number of nitrogens with zero attached hydrogens (tertiary/aromatic N) is 3. The molecule has 0 spiro atoms. The van der Waals surface area contributed by atoms with E-state index in [1.165, 1.54) is 30.7 Å². The Kier molecular flexibility index (Phi) is 7.20. The summed E-state index contributed by atoms with van der Waals surface area (Å²) in [6.07, 6.45) is 4.48. The lowest BCUT2D eigenvalue weighted by atomic mass is 10.2. The van der Waals surface area contributed by atoms with E-state index in [-0.39, 0.29) is 24.1 Å². The Morgan fingerprint density at radius 2 is 1.96 bits per heavy atom. The zero-order valence-electron chi connectivity index (χ0n) is 15.4. The Morgan fingerprint density at radius 1 is 1.21 bits per heavy atom. The van der Waals surface area contributed by atoms with E-state index < -0.39 is 0 Å². The van der Waals surface area contributed by atoms with Crippen molar-refractivity contribution in [1.82, 2.24) is 25.4 Å². The Morgan fingerprint density at radius 3 is 2.68 bits per heavy atom. The van der Waals surface area contributed by atoms with Crippen LogP contribution in [0.4, 0.5) is 0 Å². The minimum Gasteiger partial charge on any atom is -0.353 e. The summed E-state index contributed by atoms with van der Waals surface area (Å²) >= 11 is 13.1. The molecule has 1 aliphatic carbocycles. The smallest absolute Gasteiger partial charge is 0.251 e. The van der Waals surface area contributed by atoms with Crippen LogP contribution in [0.3, 0.4) is 0 Å².